The van der Waals surface area contributed by atoms with Crippen LogP contribution in [0.2, 0.25) is 0 Å². The lowest BCUT2D eigenvalue weighted by molar-refractivity contribution is -0.134. The number of carbonyl (C=O) groups excluding carboxylic acids is 2. The molecule has 0 aliphatic carbocycles. The van der Waals surface area contributed by atoms with Gasteiger partial charge in [0.15, 0.2) is 18.1 Å². The van der Waals surface area contributed by atoms with Gasteiger partial charge < -0.3 is 23.8 Å². The van der Waals surface area contributed by atoms with Crippen molar-refractivity contribution in [2.75, 3.05) is 53.1 Å². The number of sulfonamides is 1. The third-order valence-electron chi connectivity index (χ3n) is 5.38. The molecule has 1 fully saturated rings. The highest BCUT2D eigenvalue weighted by Gasteiger charge is 2.31. The Morgan fingerprint density at radius 2 is 1.61 bits per heavy atom. The summed E-state index contributed by atoms with van der Waals surface area (Å²) in [6, 6.07) is 10.8. The lowest BCUT2D eigenvalue weighted by Gasteiger charge is -2.34. The van der Waals surface area contributed by atoms with Gasteiger partial charge >= 0.3 is 5.97 Å². The number of benzene rings is 2. The first-order valence-electron chi connectivity index (χ1n) is 10.4. The van der Waals surface area contributed by atoms with Crippen LogP contribution in [0.1, 0.15) is 10.4 Å². The molecule has 0 N–H and O–H groups in total. The molecule has 0 unspecified atom stereocenters. The number of hydrogen-bond acceptors (Lipinski definition) is 8. The number of carbonyl (C=O) groups is 2. The molecule has 0 atom stereocenters. The van der Waals surface area contributed by atoms with Gasteiger partial charge in [0, 0.05) is 32.2 Å². The molecule has 10 nitrogen and oxygen atoms in total. The van der Waals surface area contributed by atoms with Crippen molar-refractivity contribution in [2.24, 2.45) is 0 Å². The summed E-state index contributed by atoms with van der Waals surface area (Å²) in [5.74, 6) is 0.671. The zero-order valence-corrected chi connectivity index (χ0v) is 18.9. The third kappa shape index (κ3) is 5.04. The van der Waals surface area contributed by atoms with E-state index in [9.17, 15) is 18.0 Å². The van der Waals surface area contributed by atoms with Crippen LogP contribution in [0.25, 0.3) is 0 Å². The average molecular weight is 477 g/mol. The van der Waals surface area contributed by atoms with Crippen molar-refractivity contribution in [3.05, 3.63) is 48.0 Å². The molecule has 176 valence electrons. The van der Waals surface area contributed by atoms with Gasteiger partial charge in [-0.1, -0.05) is 0 Å². The Balaban J connectivity index is 1.31. The third-order valence-corrected chi connectivity index (χ3v) is 7.28. The fraction of sp³-hybridized carbons (Fsp3) is 0.364. The smallest absolute Gasteiger partial charge is 0.337 e. The number of fused-ring (bicyclic) bond motifs is 1. The van der Waals surface area contributed by atoms with E-state index in [4.69, 9.17) is 14.2 Å². The Kier molecular flexibility index (Phi) is 6.70. The number of esters is 1. The molecular formula is C22H24N2O8S. The van der Waals surface area contributed by atoms with Gasteiger partial charge in [-0.3, -0.25) is 4.79 Å². The van der Waals surface area contributed by atoms with Gasteiger partial charge in [0.05, 0.1) is 17.6 Å². The first-order valence-corrected chi connectivity index (χ1v) is 11.8. The van der Waals surface area contributed by atoms with E-state index in [0.29, 0.717) is 36.0 Å². The number of nitrogens with zero attached hydrogens (tertiary/aromatic N) is 2. The quantitative estimate of drug-likeness (QED) is 0.571. The zero-order valence-electron chi connectivity index (χ0n) is 18.1. The summed E-state index contributed by atoms with van der Waals surface area (Å²) in [5, 5.41) is 0. The summed E-state index contributed by atoms with van der Waals surface area (Å²) in [5.41, 5.74) is 0.381. The predicted molar refractivity (Wildman–Crippen MR) is 116 cm³/mol. The maximum absolute atomic E-state index is 13.0. The minimum Gasteiger partial charge on any atom is -0.486 e. The molecule has 2 aromatic carbocycles. The normalized spacial score (nSPS) is 16.2. The topological polar surface area (TPSA) is 112 Å². The second-order valence-electron chi connectivity index (χ2n) is 7.39. The molecule has 0 saturated carbocycles. The summed E-state index contributed by atoms with van der Waals surface area (Å²) in [7, 11) is -2.42. The maximum Gasteiger partial charge on any atom is 0.337 e. The summed E-state index contributed by atoms with van der Waals surface area (Å²) in [6.07, 6.45) is 0. The Hall–Kier alpha value is -3.31. The SMILES string of the molecule is COC(=O)c1ccc(OCC(=O)N2CCN(S(=O)(=O)c3ccc4c(c3)OCCO4)CC2)cc1. The summed E-state index contributed by atoms with van der Waals surface area (Å²) in [4.78, 5) is 25.7. The van der Waals surface area contributed by atoms with Crippen molar-refractivity contribution in [1.29, 1.82) is 0 Å². The molecule has 2 aliphatic rings. The lowest BCUT2D eigenvalue weighted by atomic mass is 10.2. The molecule has 0 radical (unpaired) electrons. The van der Waals surface area contributed by atoms with E-state index in [-0.39, 0.29) is 43.6 Å². The summed E-state index contributed by atoms with van der Waals surface area (Å²) >= 11 is 0. The largest absolute Gasteiger partial charge is 0.486 e. The van der Waals surface area contributed by atoms with Crippen LogP contribution in [0.3, 0.4) is 0 Å². The van der Waals surface area contributed by atoms with E-state index in [1.807, 2.05) is 0 Å². The molecular weight excluding hydrogens is 452 g/mol. The molecule has 2 heterocycles. The maximum atomic E-state index is 13.0. The average Bonchev–Trinajstić information content (AvgIpc) is 2.86. The van der Waals surface area contributed by atoms with Crippen molar-refractivity contribution >= 4 is 21.9 Å². The van der Waals surface area contributed by atoms with Crippen molar-refractivity contribution in [3.8, 4) is 17.2 Å². The van der Waals surface area contributed by atoms with Gasteiger partial charge in [0.2, 0.25) is 10.0 Å². The zero-order chi connectivity index (χ0) is 23.4. The second-order valence-corrected chi connectivity index (χ2v) is 9.33. The van der Waals surface area contributed by atoms with Gasteiger partial charge in [-0.2, -0.15) is 4.31 Å². The second kappa shape index (κ2) is 9.67. The van der Waals surface area contributed by atoms with Gasteiger partial charge in [0.1, 0.15) is 19.0 Å². The predicted octanol–water partition coefficient (Wildman–Crippen LogP) is 1.16. The van der Waals surface area contributed by atoms with Crippen molar-refractivity contribution in [2.45, 2.75) is 4.90 Å². The van der Waals surface area contributed by atoms with Crippen LogP contribution >= 0.6 is 0 Å². The van der Waals surface area contributed by atoms with E-state index >= 15 is 0 Å². The highest BCUT2D eigenvalue weighted by atomic mass is 32.2. The summed E-state index contributed by atoms with van der Waals surface area (Å²) in [6.45, 7) is 1.48. The molecule has 2 aliphatic heterocycles. The Morgan fingerprint density at radius 1 is 0.939 bits per heavy atom. The number of ether oxygens (including phenoxy) is 4. The molecule has 0 spiro atoms. The van der Waals surface area contributed by atoms with Crippen molar-refractivity contribution in [1.82, 2.24) is 9.21 Å². The molecule has 2 aromatic rings. The van der Waals surface area contributed by atoms with Crippen LogP contribution in [0.5, 0.6) is 17.2 Å². The number of methoxy groups -OCH3 is 1. The number of piperazine rings is 1. The van der Waals surface area contributed by atoms with Crippen LogP contribution in [0.15, 0.2) is 47.4 Å². The van der Waals surface area contributed by atoms with Crippen LogP contribution in [-0.4, -0.2) is 82.6 Å². The van der Waals surface area contributed by atoms with Crippen LogP contribution in [-0.2, 0) is 19.6 Å². The van der Waals surface area contributed by atoms with Crippen LogP contribution in [0.4, 0.5) is 0 Å². The molecule has 11 heteroatoms. The standard InChI is InChI=1S/C22H24N2O8S/c1-29-22(26)16-2-4-17(5-3-16)32-15-21(25)23-8-10-24(11-9-23)33(27,28)18-6-7-19-20(14-18)31-13-12-30-19/h2-7,14H,8-13,15H2,1H3. The fourth-order valence-corrected chi connectivity index (χ4v) is 4.99. The Morgan fingerprint density at radius 3 is 2.27 bits per heavy atom. The first-order chi connectivity index (χ1) is 15.9. The minimum absolute atomic E-state index is 0.130. The molecule has 33 heavy (non-hydrogen) atoms. The van der Waals surface area contributed by atoms with Gasteiger partial charge in [-0.05, 0) is 36.4 Å². The van der Waals surface area contributed by atoms with Gasteiger partial charge in [-0.15, -0.1) is 0 Å². The first kappa shape index (κ1) is 22.9. The fourth-order valence-electron chi connectivity index (χ4n) is 3.55. The molecule has 1 saturated heterocycles. The Bertz CT molecular complexity index is 1130. The minimum atomic E-state index is -3.72. The highest BCUT2D eigenvalue weighted by Crippen LogP contribution is 2.33. The molecule has 0 bridgehead atoms. The Labute approximate surface area is 191 Å². The van der Waals surface area contributed by atoms with E-state index in [0.717, 1.165) is 0 Å². The molecule has 1 amide bonds. The number of hydrogen-bond donors (Lipinski definition) is 0. The van der Waals surface area contributed by atoms with E-state index in [1.54, 1.807) is 35.2 Å². The van der Waals surface area contributed by atoms with E-state index in [1.165, 1.54) is 23.5 Å². The van der Waals surface area contributed by atoms with Crippen LogP contribution in [0, 0.1) is 0 Å². The highest BCUT2D eigenvalue weighted by molar-refractivity contribution is 7.89. The summed E-state index contributed by atoms with van der Waals surface area (Å²) < 4.78 is 48.5. The van der Waals surface area contributed by atoms with Crippen LogP contribution < -0.4 is 14.2 Å². The van der Waals surface area contributed by atoms with Crippen molar-refractivity contribution < 1.29 is 37.0 Å². The molecule has 0 aromatic heterocycles. The lowest BCUT2D eigenvalue weighted by Crippen LogP contribution is -2.51. The number of rotatable bonds is 6. The van der Waals surface area contributed by atoms with Crippen molar-refractivity contribution in [3.63, 3.8) is 0 Å². The number of amides is 1. The van der Waals surface area contributed by atoms with Gasteiger partial charge in [0.25, 0.3) is 5.91 Å². The monoisotopic (exact) mass is 476 g/mol. The van der Waals surface area contributed by atoms with E-state index < -0.39 is 16.0 Å². The molecule has 4 rings (SSSR count). The van der Waals surface area contributed by atoms with E-state index in [2.05, 4.69) is 4.74 Å². The van der Waals surface area contributed by atoms with Gasteiger partial charge in [-0.25, -0.2) is 13.2 Å².